The predicted molar refractivity (Wildman–Crippen MR) is 106 cm³/mol. The van der Waals surface area contributed by atoms with Gasteiger partial charge in [-0.1, -0.05) is 29.8 Å². The quantitative estimate of drug-likeness (QED) is 0.681. The van der Waals surface area contributed by atoms with Crippen LogP contribution in [-0.2, 0) is 0 Å². The molecule has 1 heterocycles. The first-order valence-electron chi connectivity index (χ1n) is 8.35. The van der Waals surface area contributed by atoms with Crippen LogP contribution in [0.2, 0.25) is 0 Å². The number of rotatable bonds is 4. The Balaban J connectivity index is 2.15. The molecule has 5 nitrogen and oxygen atoms in total. The molecule has 0 saturated carbocycles. The molecule has 0 unspecified atom stereocenters. The lowest BCUT2D eigenvalue weighted by molar-refractivity contribution is 0.450. The number of aromatic hydroxyl groups is 2. The van der Waals surface area contributed by atoms with Crippen molar-refractivity contribution in [3.05, 3.63) is 63.8 Å². The molecule has 0 atom stereocenters. The third-order valence-corrected chi connectivity index (χ3v) is 4.80. The van der Waals surface area contributed by atoms with Crippen molar-refractivity contribution in [3.8, 4) is 22.8 Å². The Bertz CT molecular complexity index is 1010. The molecule has 0 spiro atoms. The molecule has 0 aliphatic heterocycles. The van der Waals surface area contributed by atoms with Crippen molar-refractivity contribution in [2.45, 2.75) is 20.8 Å². The number of phenolic OH excluding ortho intramolecular Hbond substituents is 2. The summed E-state index contributed by atoms with van der Waals surface area (Å²) >= 11 is 1.53. The van der Waals surface area contributed by atoms with Crippen molar-refractivity contribution in [3.63, 3.8) is 0 Å². The van der Waals surface area contributed by atoms with Gasteiger partial charge in [-0.3, -0.25) is 4.99 Å². The molecule has 26 heavy (non-hydrogen) atoms. The summed E-state index contributed by atoms with van der Waals surface area (Å²) in [5.41, 5.74) is 4.39. The van der Waals surface area contributed by atoms with Crippen LogP contribution in [0.3, 0.4) is 0 Å². The highest BCUT2D eigenvalue weighted by Gasteiger charge is 2.10. The molecule has 0 radical (unpaired) electrons. The third-order valence-electron chi connectivity index (χ3n) is 3.95. The van der Waals surface area contributed by atoms with Crippen LogP contribution in [0.4, 0.5) is 0 Å². The monoisotopic (exact) mass is 367 g/mol. The number of hydrogen-bond donors (Lipinski definition) is 2. The van der Waals surface area contributed by atoms with Gasteiger partial charge in [0.25, 0.3) is 0 Å². The first kappa shape index (κ1) is 17.9. The van der Waals surface area contributed by atoms with E-state index < -0.39 is 0 Å². The Hall–Kier alpha value is -2.86. The molecule has 3 aromatic rings. The molecule has 0 aliphatic carbocycles. The number of nitrogens with zero attached hydrogens (tertiary/aromatic N) is 3. The second kappa shape index (κ2) is 7.58. The summed E-state index contributed by atoms with van der Waals surface area (Å²) in [5, 5.41) is 26.3. The Morgan fingerprint density at radius 1 is 1.12 bits per heavy atom. The topological polar surface area (TPSA) is 70.1 Å². The van der Waals surface area contributed by atoms with E-state index in [1.807, 2.05) is 19.2 Å². The molecule has 0 amide bonds. The normalized spacial score (nSPS) is 12.6. The minimum absolute atomic E-state index is 0.00653. The van der Waals surface area contributed by atoms with Crippen LogP contribution in [-0.4, -0.2) is 27.1 Å². The highest BCUT2D eigenvalue weighted by Crippen LogP contribution is 2.25. The number of thiazole rings is 1. The lowest BCUT2D eigenvalue weighted by Crippen LogP contribution is -2.14. The highest BCUT2D eigenvalue weighted by molar-refractivity contribution is 7.07. The minimum atomic E-state index is -0.00653. The van der Waals surface area contributed by atoms with E-state index in [0.29, 0.717) is 17.8 Å². The van der Waals surface area contributed by atoms with Crippen LogP contribution in [0.1, 0.15) is 25.0 Å². The van der Waals surface area contributed by atoms with Gasteiger partial charge >= 0.3 is 0 Å². The summed E-state index contributed by atoms with van der Waals surface area (Å²) in [6.07, 6.45) is 0. The minimum Gasteiger partial charge on any atom is -0.508 e. The van der Waals surface area contributed by atoms with Gasteiger partial charge in [0, 0.05) is 29.1 Å². The Morgan fingerprint density at radius 3 is 2.50 bits per heavy atom. The fraction of sp³-hybridized carbons (Fsp3) is 0.200. The van der Waals surface area contributed by atoms with E-state index in [4.69, 9.17) is 5.10 Å². The van der Waals surface area contributed by atoms with E-state index in [-0.39, 0.29) is 11.5 Å². The van der Waals surface area contributed by atoms with Crippen molar-refractivity contribution in [2.24, 2.45) is 10.1 Å². The third kappa shape index (κ3) is 3.70. The van der Waals surface area contributed by atoms with E-state index in [9.17, 15) is 10.2 Å². The standard InChI is InChI=1S/C20H21N3O2S/c1-4-21-20-23(18(12-26-20)15-7-5-13(2)6-8-15)22-14(3)17-10-9-16(24)11-19(17)25/h5-12,24-25H,4H2,1-3H3. The molecule has 0 bridgehead atoms. The van der Waals surface area contributed by atoms with Gasteiger partial charge < -0.3 is 10.2 Å². The van der Waals surface area contributed by atoms with Crippen molar-refractivity contribution in [1.82, 2.24) is 4.68 Å². The summed E-state index contributed by atoms with van der Waals surface area (Å²) in [5.74, 6) is 0.0113. The average molecular weight is 367 g/mol. The van der Waals surface area contributed by atoms with E-state index in [1.165, 1.54) is 29.0 Å². The van der Waals surface area contributed by atoms with Gasteiger partial charge in [0.1, 0.15) is 11.5 Å². The molecule has 134 valence electrons. The molecule has 0 fully saturated rings. The van der Waals surface area contributed by atoms with Crippen LogP contribution < -0.4 is 4.80 Å². The summed E-state index contributed by atoms with van der Waals surface area (Å²) in [6.45, 7) is 6.52. The van der Waals surface area contributed by atoms with E-state index in [1.54, 1.807) is 10.7 Å². The fourth-order valence-corrected chi connectivity index (χ4v) is 3.49. The second-order valence-corrected chi connectivity index (χ2v) is 6.78. The number of hydrogen-bond acceptors (Lipinski definition) is 5. The molecule has 0 saturated heterocycles. The molecular weight excluding hydrogens is 346 g/mol. The molecule has 6 heteroatoms. The smallest absolute Gasteiger partial charge is 0.206 e. The van der Waals surface area contributed by atoms with E-state index in [2.05, 4.69) is 36.2 Å². The molecule has 0 aliphatic rings. The van der Waals surface area contributed by atoms with Gasteiger partial charge in [0.05, 0.1) is 11.4 Å². The highest BCUT2D eigenvalue weighted by atomic mass is 32.1. The van der Waals surface area contributed by atoms with Crippen LogP contribution >= 0.6 is 11.3 Å². The Morgan fingerprint density at radius 2 is 1.85 bits per heavy atom. The van der Waals surface area contributed by atoms with Crippen LogP contribution in [0.15, 0.2) is 57.9 Å². The molecule has 1 aromatic heterocycles. The summed E-state index contributed by atoms with van der Waals surface area (Å²) in [6, 6.07) is 12.7. The van der Waals surface area contributed by atoms with Gasteiger partial charge in [0.2, 0.25) is 4.80 Å². The number of phenols is 2. The van der Waals surface area contributed by atoms with E-state index >= 15 is 0 Å². The fourth-order valence-electron chi connectivity index (χ4n) is 2.59. The molecule has 3 rings (SSSR count). The summed E-state index contributed by atoms with van der Waals surface area (Å²) in [4.78, 5) is 5.32. The lowest BCUT2D eigenvalue weighted by Gasteiger charge is -2.08. The van der Waals surface area contributed by atoms with Crippen LogP contribution in [0.25, 0.3) is 11.3 Å². The number of aryl methyl sites for hydroxylation is 1. The largest absolute Gasteiger partial charge is 0.508 e. The average Bonchev–Trinajstić information content (AvgIpc) is 2.98. The van der Waals surface area contributed by atoms with E-state index in [0.717, 1.165) is 16.1 Å². The van der Waals surface area contributed by atoms with Crippen molar-refractivity contribution in [1.29, 1.82) is 0 Å². The van der Waals surface area contributed by atoms with Crippen LogP contribution in [0.5, 0.6) is 11.5 Å². The zero-order valence-corrected chi connectivity index (χ0v) is 15.8. The first-order chi connectivity index (χ1) is 12.5. The number of benzene rings is 2. The van der Waals surface area contributed by atoms with Gasteiger partial charge in [-0.15, -0.1) is 11.3 Å². The van der Waals surface area contributed by atoms with Gasteiger partial charge in [-0.05, 0) is 32.9 Å². The van der Waals surface area contributed by atoms with Crippen molar-refractivity contribution in [2.75, 3.05) is 6.54 Å². The Kier molecular flexibility index (Phi) is 5.23. The Labute approximate surface area is 156 Å². The van der Waals surface area contributed by atoms with Crippen LogP contribution in [0, 0.1) is 6.92 Å². The maximum atomic E-state index is 10.1. The second-order valence-electron chi connectivity index (χ2n) is 5.94. The first-order valence-corrected chi connectivity index (χ1v) is 9.23. The summed E-state index contributed by atoms with van der Waals surface area (Å²) < 4.78 is 1.81. The molecular formula is C20H21N3O2S. The molecule has 2 N–H and O–H groups in total. The maximum Gasteiger partial charge on any atom is 0.206 e. The van der Waals surface area contributed by atoms with Gasteiger partial charge in [-0.25, -0.2) is 4.68 Å². The van der Waals surface area contributed by atoms with Crippen molar-refractivity contribution < 1.29 is 10.2 Å². The zero-order valence-electron chi connectivity index (χ0n) is 15.0. The maximum absolute atomic E-state index is 10.1. The predicted octanol–water partition coefficient (Wildman–Crippen LogP) is 4.13. The van der Waals surface area contributed by atoms with Gasteiger partial charge in [0.15, 0.2) is 0 Å². The zero-order chi connectivity index (χ0) is 18.7. The lowest BCUT2D eigenvalue weighted by atomic mass is 10.1. The van der Waals surface area contributed by atoms with Gasteiger partial charge in [-0.2, -0.15) is 5.10 Å². The number of aromatic nitrogens is 1. The van der Waals surface area contributed by atoms with Crippen molar-refractivity contribution >= 4 is 17.0 Å². The summed E-state index contributed by atoms with van der Waals surface area (Å²) in [7, 11) is 0. The SMILES string of the molecule is CCN=c1scc(-c2ccc(C)cc2)n1N=C(C)c1ccc(O)cc1O. The molecule has 2 aromatic carbocycles.